The average molecular weight is 915 g/mol. The third kappa shape index (κ3) is 51.1. The second kappa shape index (κ2) is 53.7. The molecule has 6 heteroatoms. The van der Waals surface area contributed by atoms with Crippen LogP contribution in [0.25, 0.3) is 0 Å². The van der Waals surface area contributed by atoms with Crippen molar-refractivity contribution in [2.75, 3.05) is 13.2 Å². The molecule has 0 aromatic carbocycles. The van der Waals surface area contributed by atoms with E-state index in [0.717, 1.165) is 135 Å². The van der Waals surface area contributed by atoms with Gasteiger partial charge in [0.15, 0.2) is 6.10 Å². The van der Waals surface area contributed by atoms with Crippen molar-refractivity contribution in [3.8, 4) is 0 Å². The molecular formula is C60H98O6. The van der Waals surface area contributed by atoms with Crippen LogP contribution in [0.15, 0.2) is 109 Å². The van der Waals surface area contributed by atoms with Crippen LogP contribution in [0.4, 0.5) is 0 Å². The molecular weight excluding hydrogens is 817 g/mol. The van der Waals surface area contributed by atoms with E-state index in [4.69, 9.17) is 14.2 Å². The maximum absolute atomic E-state index is 12.8. The van der Waals surface area contributed by atoms with Gasteiger partial charge in [-0.3, -0.25) is 14.4 Å². The largest absolute Gasteiger partial charge is 0.462 e. The first-order chi connectivity index (χ1) is 32.5. The SMILES string of the molecule is CC\C=C/C=C\C=C/CCCCCCCC(=O)OCC(COC(=O)CCCCCCCC/C=C\C/C=C\C/C=C\C/C=C\CC)OC(=O)CCCCC/C=C\C=C/CCCCCCCCC. The van der Waals surface area contributed by atoms with Gasteiger partial charge in [0.2, 0.25) is 0 Å². The highest BCUT2D eigenvalue weighted by Crippen LogP contribution is 2.13. The zero-order valence-electron chi connectivity index (χ0n) is 42.7. The van der Waals surface area contributed by atoms with E-state index in [9.17, 15) is 14.4 Å². The summed E-state index contributed by atoms with van der Waals surface area (Å²) in [4.78, 5) is 38.0. The Balaban J connectivity index is 4.48. The van der Waals surface area contributed by atoms with Gasteiger partial charge in [0.25, 0.3) is 0 Å². The monoisotopic (exact) mass is 915 g/mol. The highest BCUT2D eigenvalue weighted by Gasteiger charge is 2.19. The number of hydrogen-bond acceptors (Lipinski definition) is 6. The highest BCUT2D eigenvalue weighted by molar-refractivity contribution is 5.71. The number of carbonyl (C=O) groups excluding carboxylic acids is 3. The fourth-order valence-electron chi connectivity index (χ4n) is 7.07. The number of carbonyl (C=O) groups is 3. The quantitative estimate of drug-likeness (QED) is 0.0199. The van der Waals surface area contributed by atoms with Gasteiger partial charge in [-0.05, 0) is 103 Å². The Labute approximate surface area is 406 Å². The molecule has 0 heterocycles. The van der Waals surface area contributed by atoms with Crippen LogP contribution in [0.1, 0.15) is 233 Å². The summed E-state index contributed by atoms with van der Waals surface area (Å²) < 4.78 is 16.8. The summed E-state index contributed by atoms with van der Waals surface area (Å²) in [6.07, 6.45) is 72.2. The van der Waals surface area contributed by atoms with E-state index in [1.807, 2.05) is 0 Å². The molecule has 374 valence electrons. The van der Waals surface area contributed by atoms with Gasteiger partial charge >= 0.3 is 17.9 Å². The van der Waals surface area contributed by atoms with Crippen molar-refractivity contribution < 1.29 is 28.6 Å². The zero-order chi connectivity index (χ0) is 47.9. The zero-order valence-corrected chi connectivity index (χ0v) is 42.7. The molecule has 0 saturated heterocycles. The minimum absolute atomic E-state index is 0.105. The first kappa shape index (κ1) is 62.1. The topological polar surface area (TPSA) is 78.9 Å². The second-order valence-electron chi connectivity index (χ2n) is 17.5. The van der Waals surface area contributed by atoms with Crippen LogP contribution < -0.4 is 0 Å². The Bertz CT molecular complexity index is 1370. The lowest BCUT2D eigenvalue weighted by Crippen LogP contribution is -2.30. The fraction of sp³-hybridized carbons (Fsp3) is 0.650. The molecule has 0 N–H and O–H groups in total. The minimum atomic E-state index is -0.808. The first-order valence-electron chi connectivity index (χ1n) is 26.9. The summed E-state index contributed by atoms with van der Waals surface area (Å²) >= 11 is 0. The van der Waals surface area contributed by atoms with Crippen molar-refractivity contribution in [3.63, 3.8) is 0 Å². The average Bonchev–Trinajstić information content (AvgIpc) is 3.31. The first-order valence-corrected chi connectivity index (χ1v) is 26.9. The van der Waals surface area contributed by atoms with Gasteiger partial charge in [0.05, 0.1) is 0 Å². The van der Waals surface area contributed by atoms with Crippen molar-refractivity contribution in [2.24, 2.45) is 0 Å². The molecule has 66 heavy (non-hydrogen) atoms. The molecule has 0 aromatic heterocycles. The Morgan fingerprint density at radius 1 is 0.333 bits per heavy atom. The van der Waals surface area contributed by atoms with Gasteiger partial charge in [-0.15, -0.1) is 0 Å². The van der Waals surface area contributed by atoms with E-state index in [-0.39, 0.29) is 37.5 Å². The minimum Gasteiger partial charge on any atom is -0.462 e. The van der Waals surface area contributed by atoms with Gasteiger partial charge in [0.1, 0.15) is 13.2 Å². The molecule has 0 aliphatic carbocycles. The van der Waals surface area contributed by atoms with Gasteiger partial charge in [0, 0.05) is 19.3 Å². The van der Waals surface area contributed by atoms with E-state index in [0.29, 0.717) is 12.8 Å². The maximum Gasteiger partial charge on any atom is 0.306 e. The fourth-order valence-corrected chi connectivity index (χ4v) is 7.07. The van der Waals surface area contributed by atoms with Crippen LogP contribution in [0.5, 0.6) is 0 Å². The second-order valence-corrected chi connectivity index (χ2v) is 17.5. The Morgan fingerprint density at radius 2 is 0.667 bits per heavy atom. The van der Waals surface area contributed by atoms with Gasteiger partial charge in [-0.2, -0.15) is 0 Å². The molecule has 1 atom stereocenters. The molecule has 0 aliphatic heterocycles. The Hall–Kier alpha value is -3.93. The smallest absolute Gasteiger partial charge is 0.306 e. The van der Waals surface area contributed by atoms with Crippen LogP contribution in [-0.4, -0.2) is 37.2 Å². The van der Waals surface area contributed by atoms with Gasteiger partial charge in [-0.1, -0.05) is 220 Å². The molecule has 0 aliphatic rings. The van der Waals surface area contributed by atoms with Crippen molar-refractivity contribution in [1.82, 2.24) is 0 Å². The highest BCUT2D eigenvalue weighted by atomic mass is 16.6. The molecule has 6 nitrogen and oxygen atoms in total. The molecule has 0 aromatic rings. The van der Waals surface area contributed by atoms with Gasteiger partial charge < -0.3 is 14.2 Å². The van der Waals surface area contributed by atoms with Crippen molar-refractivity contribution in [1.29, 1.82) is 0 Å². The lowest BCUT2D eigenvalue weighted by Gasteiger charge is -2.18. The Kier molecular flexibility index (Phi) is 50.5. The van der Waals surface area contributed by atoms with E-state index >= 15 is 0 Å². The lowest BCUT2D eigenvalue weighted by molar-refractivity contribution is -0.167. The summed E-state index contributed by atoms with van der Waals surface area (Å²) in [6, 6.07) is 0. The van der Waals surface area contributed by atoms with Crippen molar-refractivity contribution in [3.05, 3.63) is 109 Å². The number of esters is 3. The number of ether oxygens (including phenoxy) is 3. The third-order valence-corrected chi connectivity index (χ3v) is 11.1. The molecule has 0 fully saturated rings. The van der Waals surface area contributed by atoms with Crippen LogP contribution in [0, 0.1) is 0 Å². The molecule has 0 radical (unpaired) electrons. The van der Waals surface area contributed by atoms with E-state index in [2.05, 4.69) is 130 Å². The molecule has 0 spiro atoms. The van der Waals surface area contributed by atoms with Crippen molar-refractivity contribution >= 4 is 17.9 Å². The maximum atomic E-state index is 12.8. The summed E-state index contributed by atoms with van der Waals surface area (Å²) in [5.41, 5.74) is 0. The third-order valence-electron chi connectivity index (χ3n) is 11.1. The number of allylic oxidation sites excluding steroid dienone is 18. The summed E-state index contributed by atoms with van der Waals surface area (Å²) in [7, 11) is 0. The van der Waals surface area contributed by atoms with Crippen LogP contribution >= 0.6 is 0 Å². The van der Waals surface area contributed by atoms with E-state index < -0.39 is 6.10 Å². The lowest BCUT2D eigenvalue weighted by atomic mass is 10.1. The van der Waals surface area contributed by atoms with Crippen molar-refractivity contribution in [2.45, 2.75) is 239 Å². The van der Waals surface area contributed by atoms with E-state index in [1.165, 1.54) is 57.8 Å². The van der Waals surface area contributed by atoms with E-state index in [1.54, 1.807) is 0 Å². The summed E-state index contributed by atoms with van der Waals surface area (Å²) in [6.45, 7) is 6.33. The summed E-state index contributed by atoms with van der Waals surface area (Å²) in [5, 5.41) is 0. The molecule has 0 rings (SSSR count). The summed E-state index contributed by atoms with van der Waals surface area (Å²) in [5.74, 6) is -0.969. The normalized spacial score (nSPS) is 13.0. The molecule has 0 bridgehead atoms. The van der Waals surface area contributed by atoms with Crippen LogP contribution in [0.3, 0.4) is 0 Å². The Morgan fingerprint density at radius 3 is 1.12 bits per heavy atom. The number of unbranched alkanes of at least 4 members (excludes halogenated alkanes) is 21. The predicted octanol–water partition coefficient (Wildman–Crippen LogP) is 17.9. The molecule has 1 unspecified atom stereocenters. The predicted molar refractivity (Wildman–Crippen MR) is 283 cm³/mol. The molecule has 0 saturated carbocycles. The number of rotatable bonds is 47. The van der Waals surface area contributed by atoms with Crippen LogP contribution in [-0.2, 0) is 28.6 Å². The standard InChI is InChI=1S/C60H98O6/c1-4-7-10-13-16-19-22-25-27-29-30-31-33-35-38-41-44-47-50-53-59(62)65-56-57(55-64-58(61)52-49-46-43-40-37-34-24-21-18-15-12-9-6-3)66-60(63)54-51-48-45-42-39-36-32-28-26-23-20-17-14-11-8-5-2/h7,9-10,12,15-16,18-19,21,24-25,27-28,30-32,36,39,57H,4-6,8,11,13-14,17,20,22-23,26,29,33-35,37-38,40-56H2,1-3H3/b10-7-,12-9-,18-15-,19-16-,24-21-,27-25-,31-30-,32-28-,39-36-. The van der Waals surface area contributed by atoms with Crippen LogP contribution in [0.2, 0.25) is 0 Å². The number of hydrogen-bond donors (Lipinski definition) is 0. The van der Waals surface area contributed by atoms with Gasteiger partial charge in [-0.25, -0.2) is 0 Å². The molecule has 0 amide bonds.